The van der Waals surface area contributed by atoms with Gasteiger partial charge in [-0.1, -0.05) is 12.1 Å². The highest BCUT2D eigenvalue weighted by Gasteiger charge is 2.50. The van der Waals surface area contributed by atoms with Crippen LogP contribution < -0.4 is 16.4 Å². The molecule has 0 heterocycles. The zero-order valence-corrected chi connectivity index (χ0v) is 11.4. The molecule has 0 aromatic heterocycles. The lowest BCUT2D eigenvalue weighted by molar-refractivity contribution is -0.120. The van der Waals surface area contributed by atoms with E-state index in [9.17, 15) is 9.59 Å². The number of nitrogens with two attached hydrogens (primary N) is 1. The van der Waals surface area contributed by atoms with E-state index in [4.69, 9.17) is 5.73 Å². The van der Waals surface area contributed by atoms with E-state index >= 15 is 0 Å². The predicted molar refractivity (Wildman–Crippen MR) is 76.4 cm³/mol. The zero-order valence-electron chi connectivity index (χ0n) is 11.4. The summed E-state index contributed by atoms with van der Waals surface area (Å²) in [6.07, 6.45) is 5.67. The van der Waals surface area contributed by atoms with Crippen LogP contribution >= 0.6 is 0 Å². The van der Waals surface area contributed by atoms with Crippen molar-refractivity contribution >= 4 is 17.6 Å². The summed E-state index contributed by atoms with van der Waals surface area (Å²) in [5, 5.41) is 5.56. The molecule has 3 amide bonds. The zero-order chi connectivity index (χ0) is 14.2. The van der Waals surface area contributed by atoms with Gasteiger partial charge in [0.2, 0.25) is 5.91 Å². The number of primary amides is 1. The van der Waals surface area contributed by atoms with Crippen LogP contribution in [0.5, 0.6) is 0 Å². The summed E-state index contributed by atoms with van der Waals surface area (Å²) in [5.74, 6) is -0.456. The number of aryl methyl sites for hydroxylation is 1. The summed E-state index contributed by atoms with van der Waals surface area (Å²) in [7, 11) is 0. The van der Waals surface area contributed by atoms with Gasteiger partial charge in [0, 0.05) is 5.69 Å². The van der Waals surface area contributed by atoms with Crippen molar-refractivity contribution in [2.75, 3.05) is 5.32 Å². The first-order valence-corrected chi connectivity index (χ1v) is 7.11. The third-order valence-electron chi connectivity index (χ3n) is 4.22. The summed E-state index contributed by atoms with van der Waals surface area (Å²) < 4.78 is 0. The molecule has 0 atom stereocenters. The first-order chi connectivity index (χ1) is 9.61. The van der Waals surface area contributed by atoms with Gasteiger partial charge in [-0.25, -0.2) is 4.79 Å². The van der Waals surface area contributed by atoms with E-state index in [-0.39, 0.29) is 6.03 Å². The minimum absolute atomic E-state index is 0.347. The van der Waals surface area contributed by atoms with Gasteiger partial charge in [0.15, 0.2) is 0 Å². The number of amides is 3. The second-order valence-electron chi connectivity index (χ2n) is 5.68. The van der Waals surface area contributed by atoms with Crippen molar-refractivity contribution < 1.29 is 9.59 Å². The van der Waals surface area contributed by atoms with Crippen LogP contribution in [0.1, 0.15) is 36.8 Å². The number of hydrogen-bond acceptors (Lipinski definition) is 2. The molecule has 106 valence electrons. The van der Waals surface area contributed by atoms with Crippen molar-refractivity contribution in [3.63, 3.8) is 0 Å². The van der Waals surface area contributed by atoms with Crippen LogP contribution in [0.15, 0.2) is 18.2 Å². The molecule has 1 aromatic rings. The summed E-state index contributed by atoms with van der Waals surface area (Å²) in [6, 6.07) is 5.64. The fourth-order valence-corrected chi connectivity index (χ4v) is 2.83. The first kappa shape index (κ1) is 13.0. The molecular weight excluding hydrogens is 254 g/mol. The van der Waals surface area contributed by atoms with E-state index in [1.165, 1.54) is 17.5 Å². The molecule has 0 spiro atoms. The average Bonchev–Trinajstić information content (AvgIpc) is 3.20. The molecule has 0 unspecified atom stereocenters. The van der Waals surface area contributed by atoms with E-state index in [1.54, 1.807) is 0 Å². The number of nitrogens with one attached hydrogen (secondary N) is 2. The highest BCUT2D eigenvalue weighted by atomic mass is 16.2. The minimum atomic E-state index is -0.821. The molecule has 0 radical (unpaired) electrons. The molecule has 2 aliphatic rings. The van der Waals surface area contributed by atoms with Gasteiger partial charge >= 0.3 is 6.03 Å². The van der Waals surface area contributed by atoms with E-state index in [0.29, 0.717) is 12.8 Å². The molecule has 2 aliphatic carbocycles. The summed E-state index contributed by atoms with van der Waals surface area (Å²) in [4.78, 5) is 23.3. The van der Waals surface area contributed by atoms with Crippen molar-refractivity contribution in [3.8, 4) is 0 Å². The number of urea groups is 1. The Balaban J connectivity index is 1.72. The number of hydrogen-bond donors (Lipinski definition) is 3. The Bertz CT molecular complexity index is 564. The lowest BCUT2D eigenvalue weighted by Crippen LogP contribution is -2.48. The quantitative estimate of drug-likeness (QED) is 0.783. The van der Waals surface area contributed by atoms with Crippen LogP contribution in [0.2, 0.25) is 0 Å². The molecule has 1 fully saturated rings. The number of benzene rings is 1. The maximum atomic E-state index is 12.0. The third-order valence-corrected chi connectivity index (χ3v) is 4.22. The number of anilines is 1. The van der Waals surface area contributed by atoms with E-state index in [2.05, 4.69) is 16.7 Å². The lowest BCUT2D eigenvalue weighted by atomic mass is 9.90. The smallest absolute Gasteiger partial charge is 0.320 e. The summed E-state index contributed by atoms with van der Waals surface area (Å²) >= 11 is 0. The molecular formula is C15H19N3O2. The van der Waals surface area contributed by atoms with Gasteiger partial charge in [0.25, 0.3) is 0 Å². The van der Waals surface area contributed by atoms with E-state index in [0.717, 1.165) is 24.9 Å². The van der Waals surface area contributed by atoms with Crippen molar-refractivity contribution in [1.29, 1.82) is 0 Å². The topological polar surface area (TPSA) is 84.2 Å². The maximum absolute atomic E-state index is 12.0. The standard InChI is InChI=1S/C15H19N3O2/c16-13(19)15(8-9-15)18-14(20)17-12-7-3-5-10-4-1-2-6-11(10)12/h3,5,7H,1-2,4,6,8-9H2,(H2,16,19)(H2,17,18,20). The average molecular weight is 273 g/mol. The van der Waals surface area contributed by atoms with E-state index in [1.807, 2.05) is 12.1 Å². The van der Waals surface area contributed by atoms with Gasteiger partial charge in [-0.2, -0.15) is 0 Å². The molecule has 1 saturated carbocycles. The minimum Gasteiger partial charge on any atom is -0.368 e. The number of carbonyl (C=O) groups is 2. The van der Waals surface area contributed by atoms with Crippen LogP contribution in [0.25, 0.3) is 0 Å². The maximum Gasteiger partial charge on any atom is 0.320 e. The van der Waals surface area contributed by atoms with Crippen LogP contribution in [0.4, 0.5) is 10.5 Å². The summed E-state index contributed by atoms with van der Waals surface area (Å²) in [5.41, 5.74) is 7.86. The van der Waals surface area contributed by atoms with Crippen LogP contribution in [-0.4, -0.2) is 17.5 Å². The monoisotopic (exact) mass is 273 g/mol. The number of carbonyl (C=O) groups excluding carboxylic acids is 2. The molecule has 0 aliphatic heterocycles. The van der Waals surface area contributed by atoms with Crippen LogP contribution in [-0.2, 0) is 17.6 Å². The Morgan fingerprint density at radius 2 is 1.90 bits per heavy atom. The largest absolute Gasteiger partial charge is 0.368 e. The van der Waals surface area contributed by atoms with Crippen molar-refractivity contribution in [1.82, 2.24) is 5.32 Å². The Labute approximate surface area is 117 Å². The molecule has 0 saturated heterocycles. The van der Waals surface area contributed by atoms with Crippen LogP contribution in [0.3, 0.4) is 0 Å². The Hall–Kier alpha value is -2.04. The summed E-state index contributed by atoms with van der Waals surface area (Å²) in [6.45, 7) is 0. The fraction of sp³-hybridized carbons (Fsp3) is 0.467. The molecule has 4 N–H and O–H groups in total. The fourth-order valence-electron chi connectivity index (χ4n) is 2.83. The molecule has 1 aromatic carbocycles. The Kier molecular flexibility index (Phi) is 3.12. The Morgan fingerprint density at radius 1 is 1.15 bits per heavy atom. The van der Waals surface area contributed by atoms with Gasteiger partial charge < -0.3 is 16.4 Å². The lowest BCUT2D eigenvalue weighted by Gasteiger charge is -2.20. The van der Waals surface area contributed by atoms with Crippen molar-refractivity contribution in [2.45, 2.75) is 44.1 Å². The Morgan fingerprint density at radius 3 is 2.60 bits per heavy atom. The molecule has 0 bridgehead atoms. The van der Waals surface area contributed by atoms with Gasteiger partial charge in [-0.3, -0.25) is 4.79 Å². The normalized spacial score (nSPS) is 18.8. The highest BCUT2D eigenvalue weighted by Crippen LogP contribution is 2.35. The predicted octanol–water partition coefficient (Wildman–Crippen LogP) is 1.70. The molecule has 20 heavy (non-hydrogen) atoms. The second kappa shape index (κ2) is 4.81. The van der Waals surface area contributed by atoms with Gasteiger partial charge in [0.05, 0.1) is 0 Å². The SMILES string of the molecule is NC(=O)C1(NC(=O)Nc2cccc3c2CCCC3)CC1. The molecule has 5 nitrogen and oxygen atoms in total. The van der Waals surface area contributed by atoms with Gasteiger partial charge in [-0.05, 0) is 55.7 Å². The third kappa shape index (κ3) is 2.35. The molecule has 5 heteroatoms. The second-order valence-corrected chi connectivity index (χ2v) is 5.68. The first-order valence-electron chi connectivity index (χ1n) is 7.11. The van der Waals surface area contributed by atoms with Crippen molar-refractivity contribution in [3.05, 3.63) is 29.3 Å². The van der Waals surface area contributed by atoms with Gasteiger partial charge in [-0.15, -0.1) is 0 Å². The molecule has 3 rings (SSSR count). The van der Waals surface area contributed by atoms with Gasteiger partial charge in [0.1, 0.15) is 5.54 Å². The number of fused-ring (bicyclic) bond motifs is 1. The van der Waals surface area contributed by atoms with Crippen LogP contribution in [0, 0.1) is 0 Å². The highest BCUT2D eigenvalue weighted by molar-refractivity contribution is 5.97. The van der Waals surface area contributed by atoms with Crippen molar-refractivity contribution in [2.24, 2.45) is 5.73 Å². The van der Waals surface area contributed by atoms with E-state index < -0.39 is 11.4 Å². The number of rotatable bonds is 3.